The van der Waals surface area contributed by atoms with Crippen LogP contribution in [0.25, 0.3) is 10.9 Å². The van der Waals surface area contributed by atoms with E-state index in [-0.39, 0.29) is 11.0 Å². The van der Waals surface area contributed by atoms with Crippen LogP contribution in [0.15, 0.2) is 41.5 Å². The molecule has 0 amide bonds. The average molecular weight is 581 g/mol. The van der Waals surface area contributed by atoms with Gasteiger partial charge < -0.3 is 15.2 Å². The van der Waals surface area contributed by atoms with Gasteiger partial charge in [-0.25, -0.2) is 13.5 Å². The largest absolute Gasteiger partial charge is 0.383 e. The zero-order chi connectivity index (χ0) is 29.7. The Labute approximate surface area is 241 Å². The number of nitrogens with one attached hydrogen (secondary N) is 2. The molecular formula is C29H31ClF2N8O. The summed E-state index contributed by atoms with van der Waals surface area (Å²) in [6.07, 6.45) is 1.11. The van der Waals surface area contributed by atoms with E-state index in [1.165, 1.54) is 27.7 Å². The highest BCUT2D eigenvalue weighted by Gasteiger charge is 2.54. The van der Waals surface area contributed by atoms with Crippen LogP contribution in [0.2, 0.25) is 5.02 Å². The number of benzene rings is 1. The molecule has 0 radical (unpaired) electrons. The topological polar surface area (TPSA) is 113 Å². The van der Waals surface area contributed by atoms with Gasteiger partial charge in [-0.3, -0.25) is 9.78 Å². The second-order valence-corrected chi connectivity index (χ2v) is 12.2. The Balaban J connectivity index is 1.63. The summed E-state index contributed by atoms with van der Waals surface area (Å²) in [6, 6.07) is 8.25. The molecule has 0 aliphatic heterocycles. The smallest absolute Gasteiger partial charge is 0.263 e. The van der Waals surface area contributed by atoms with Gasteiger partial charge >= 0.3 is 0 Å². The van der Waals surface area contributed by atoms with Gasteiger partial charge in [-0.1, -0.05) is 37.6 Å². The number of halogens is 3. The molecule has 1 unspecified atom stereocenters. The molecule has 12 heteroatoms. The van der Waals surface area contributed by atoms with E-state index in [1.807, 2.05) is 13.0 Å². The molecule has 3 heterocycles. The molecule has 214 valence electrons. The molecule has 3 aromatic heterocycles. The van der Waals surface area contributed by atoms with Crippen molar-refractivity contribution >= 4 is 33.9 Å². The summed E-state index contributed by atoms with van der Waals surface area (Å²) in [5, 5.41) is 26.0. The van der Waals surface area contributed by atoms with Gasteiger partial charge in [0.05, 0.1) is 34.0 Å². The molecule has 1 saturated carbocycles. The van der Waals surface area contributed by atoms with Crippen LogP contribution in [0.3, 0.4) is 0 Å². The predicted molar refractivity (Wildman–Crippen MR) is 155 cm³/mol. The number of hydrogen-bond donors (Lipinski definition) is 2. The normalized spacial score (nSPS) is 15.1. The summed E-state index contributed by atoms with van der Waals surface area (Å²) in [4.78, 5) is 16.7. The summed E-state index contributed by atoms with van der Waals surface area (Å²) < 4.78 is 30.4. The molecule has 1 atom stereocenters. The Morgan fingerprint density at radius 3 is 2.61 bits per heavy atom. The summed E-state index contributed by atoms with van der Waals surface area (Å²) in [5.41, 5.74) is 2.33. The van der Waals surface area contributed by atoms with Crippen LogP contribution in [-0.4, -0.2) is 37.5 Å². The van der Waals surface area contributed by atoms with Crippen LogP contribution in [0.4, 0.5) is 20.2 Å². The van der Waals surface area contributed by atoms with Crippen LogP contribution in [0, 0.1) is 23.7 Å². The van der Waals surface area contributed by atoms with Crippen LogP contribution >= 0.6 is 11.6 Å². The van der Waals surface area contributed by atoms with E-state index in [4.69, 9.17) is 11.6 Å². The second kappa shape index (κ2) is 10.4. The summed E-state index contributed by atoms with van der Waals surface area (Å²) in [6.45, 7) is 8.67. The van der Waals surface area contributed by atoms with Gasteiger partial charge in [-0.15, -0.1) is 5.10 Å². The number of rotatable bonds is 8. The number of alkyl halides is 2. The minimum atomic E-state index is -2.57. The average Bonchev–Trinajstić information content (AvgIpc) is 3.59. The van der Waals surface area contributed by atoms with Gasteiger partial charge in [0.2, 0.25) is 5.56 Å². The first kappa shape index (κ1) is 28.5. The van der Waals surface area contributed by atoms with Gasteiger partial charge in [-0.05, 0) is 48.9 Å². The van der Waals surface area contributed by atoms with E-state index >= 15 is 0 Å². The highest BCUT2D eigenvalue weighted by Crippen LogP contribution is 2.48. The Kier molecular flexibility index (Phi) is 7.24. The van der Waals surface area contributed by atoms with Crippen molar-refractivity contribution in [2.75, 3.05) is 17.2 Å². The number of nitrogens with zero attached hydrogens (tertiary/aromatic N) is 6. The second-order valence-electron chi connectivity index (χ2n) is 11.8. The molecule has 9 nitrogen and oxygen atoms in total. The molecule has 1 aliphatic carbocycles. The first-order chi connectivity index (χ1) is 19.3. The van der Waals surface area contributed by atoms with Gasteiger partial charge in [-0.2, -0.15) is 5.26 Å². The van der Waals surface area contributed by atoms with Crippen molar-refractivity contribution in [2.24, 2.45) is 12.5 Å². The Hall–Kier alpha value is -4.04. The molecule has 1 aromatic carbocycles. The van der Waals surface area contributed by atoms with Crippen LogP contribution < -0.4 is 16.2 Å². The van der Waals surface area contributed by atoms with Crippen LogP contribution in [-0.2, 0) is 12.6 Å². The van der Waals surface area contributed by atoms with E-state index in [0.717, 1.165) is 0 Å². The summed E-state index contributed by atoms with van der Waals surface area (Å²) in [5.74, 6) is 0. The molecular weight excluding hydrogens is 550 g/mol. The zero-order valence-corrected chi connectivity index (χ0v) is 24.2. The maximum atomic E-state index is 13.8. The first-order valence-electron chi connectivity index (χ1n) is 13.2. The molecule has 41 heavy (non-hydrogen) atoms. The maximum Gasteiger partial charge on any atom is 0.263 e. The Morgan fingerprint density at radius 2 is 1.98 bits per heavy atom. The van der Waals surface area contributed by atoms with Crippen molar-refractivity contribution in [1.82, 2.24) is 24.5 Å². The van der Waals surface area contributed by atoms with E-state index in [0.29, 0.717) is 69.2 Å². The van der Waals surface area contributed by atoms with Crippen molar-refractivity contribution in [2.45, 2.75) is 58.5 Å². The Morgan fingerprint density at radius 1 is 1.24 bits per heavy atom. The molecule has 0 saturated heterocycles. The minimum Gasteiger partial charge on any atom is -0.383 e. The van der Waals surface area contributed by atoms with E-state index < -0.39 is 18.0 Å². The van der Waals surface area contributed by atoms with E-state index in [1.54, 1.807) is 19.2 Å². The summed E-state index contributed by atoms with van der Waals surface area (Å²) in [7, 11) is 1.67. The van der Waals surface area contributed by atoms with Gasteiger partial charge in [0.25, 0.3) is 6.43 Å². The summed E-state index contributed by atoms with van der Waals surface area (Å²) >= 11 is 6.71. The van der Waals surface area contributed by atoms with Crippen molar-refractivity contribution in [3.63, 3.8) is 0 Å². The standard InChI is InChI=1S/C29H31ClF2N8O/c1-16-19(6-7-23(41)39(16)5)26(22-14-40(38-37-22)29(8-9-29)27(31)32)36-18-10-20-24(35-15-28(2,3)4)17(12-33)13-34-25(20)21(30)11-18/h6-7,10-11,13-14,26-27,36H,8-9,15H2,1-5H3,(H,34,35). The maximum absolute atomic E-state index is 13.8. The third kappa shape index (κ3) is 5.36. The molecule has 0 bridgehead atoms. The van der Waals surface area contributed by atoms with E-state index in [2.05, 4.69) is 52.8 Å². The Bertz CT molecular complexity index is 1730. The molecule has 2 N–H and O–H groups in total. The fourth-order valence-corrected chi connectivity index (χ4v) is 5.08. The third-order valence-corrected chi connectivity index (χ3v) is 7.84. The number of anilines is 2. The highest BCUT2D eigenvalue weighted by atomic mass is 35.5. The molecule has 4 aromatic rings. The number of fused-ring (bicyclic) bond motifs is 1. The lowest BCUT2D eigenvalue weighted by atomic mass is 9.96. The number of nitriles is 1. The van der Waals surface area contributed by atoms with Gasteiger partial charge in [0.15, 0.2) is 0 Å². The SMILES string of the molecule is Cc1c(C(Nc2cc(Cl)c3ncc(C#N)c(NCC(C)(C)C)c3c2)c2cn(C3(C(F)F)CC3)nn2)ccc(=O)n1C. The minimum absolute atomic E-state index is 0.0587. The fourth-order valence-electron chi connectivity index (χ4n) is 4.81. The number of aromatic nitrogens is 5. The van der Waals surface area contributed by atoms with Crippen LogP contribution in [0.1, 0.15) is 62.2 Å². The zero-order valence-electron chi connectivity index (χ0n) is 23.5. The quantitative estimate of drug-likeness (QED) is 0.272. The third-order valence-electron chi connectivity index (χ3n) is 7.55. The van der Waals surface area contributed by atoms with Crippen molar-refractivity contribution in [3.8, 4) is 6.07 Å². The predicted octanol–water partition coefficient (Wildman–Crippen LogP) is 5.77. The number of hydrogen-bond acceptors (Lipinski definition) is 7. The van der Waals surface area contributed by atoms with E-state index in [9.17, 15) is 18.8 Å². The highest BCUT2D eigenvalue weighted by molar-refractivity contribution is 6.35. The molecule has 5 rings (SSSR count). The lowest BCUT2D eigenvalue weighted by Gasteiger charge is -2.23. The molecule has 1 fully saturated rings. The molecule has 0 spiro atoms. The number of pyridine rings is 2. The fraction of sp³-hybridized carbons (Fsp3) is 0.414. The van der Waals surface area contributed by atoms with Crippen LogP contribution in [0.5, 0.6) is 0 Å². The van der Waals surface area contributed by atoms with Crippen molar-refractivity contribution < 1.29 is 8.78 Å². The monoisotopic (exact) mass is 580 g/mol. The lowest BCUT2D eigenvalue weighted by Crippen LogP contribution is -2.26. The first-order valence-corrected chi connectivity index (χ1v) is 13.6. The van der Waals surface area contributed by atoms with Crippen molar-refractivity contribution in [1.29, 1.82) is 5.26 Å². The molecule has 1 aliphatic rings. The van der Waals surface area contributed by atoms with Gasteiger partial charge in [0.1, 0.15) is 17.3 Å². The lowest BCUT2D eigenvalue weighted by molar-refractivity contribution is 0.0593. The van der Waals surface area contributed by atoms with Crippen molar-refractivity contribution in [3.05, 3.63) is 74.6 Å². The van der Waals surface area contributed by atoms with Gasteiger partial charge in [0, 0.05) is 42.6 Å².